The van der Waals surface area contributed by atoms with Gasteiger partial charge in [0, 0.05) is 117 Å². The Balaban J connectivity index is 1.91. The molecule has 0 bridgehead atoms. The second kappa shape index (κ2) is 35.5. The topological polar surface area (TPSA) is 221 Å². The lowest BCUT2D eigenvalue weighted by Crippen LogP contribution is -2.47. The highest BCUT2D eigenvalue weighted by atomic mass is 16.6. The molecule has 2 heterocycles. The molecule has 2 saturated heterocycles. The van der Waals surface area contributed by atoms with Crippen LogP contribution in [0.25, 0.3) is 0 Å². The summed E-state index contributed by atoms with van der Waals surface area (Å²) in [4.78, 5) is 94.3. The molecule has 0 spiro atoms. The predicted octanol–water partition coefficient (Wildman–Crippen LogP) is 9.48. The fraction of sp³-hybridized carbons (Fsp3) is 0.810. The average Bonchev–Trinajstić information content (AvgIpc) is 3.48. The van der Waals surface area contributed by atoms with E-state index in [1.54, 1.807) is 24.5 Å². The maximum Gasteiger partial charge on any atom is 0.410 e. The van der Waals surface area contributed by atoms with Gasteiger partial charge in [0.1, 0.15) is 28.0 Å². The molecule has 0 saturated carbocycles. The molecule has 1 unspecified atom stereocenters. The minimum absolute atomic E-state index is 0.0279. The Kier molecular flexibility index (Phi) is 30.9. The first-order valence-corrected chi connectivity index (χ1v) is 31.3. The summed E-state index contributed by atoms with van der Waals surface area (Å²) in [6, 6.07) is 8.69. The van der Waals surface area contributed by atoms with Gasteiger partial charge in [-0.05, 0) is 192 Å². The average molecular weight is 1190 g/mol. The molecule has 2 aliphatic rings. The fourth-order valence-electron chi connectivity index (χ4n) is 9.59. The van der Waals surface area contributed by atoms with Crippen LogP contribution in [0.3, 0.4) is 0 Å². The van der Waals surface area contributed by atoms with Crippen LogP contribution in [0, 0.1) is 0 Å². The zero-order chi connectivity index (χ0) is 62.7. The van der Waals surface area contributed by atoms with Crippen molar-refractivity contribution in [1.82, 2.24) is 44.9 Å². The third kappa shape index (κ3) is 33.0. The first-order chi connectivity index (χ1) is 39.2. The molecule has 482 valence electrons. The second-order valence-electron chi connectivity index (χ2n) is 27.6. The number of benzene rings is 1. The molecule has 21 nitrogen and oxygen atoms in total. The Hall–Kier alpha value is -5.12. The highest BCUT2D eigenvalue weighted by molar-refractivity contribution is 5.75. The maximum atomic E-state index is 13.8. The molecule has 1 aromatic rings. The van der Waals surface area contributed by atoms with Gasteiger partial charge >= 0.3 is 30.5 Å². The highest BCUT2D eigenvalue weighted by Crippen LogP contribution is 2.19. The van der Waals surface area contributed by atoms with Crippen molar-refractivity contribution in [3.05, 3.63) is 35.4 Å². The number of hydrogen-bond acceptors (Lipinski definition) is 15. The van der Waals surface area contributed by atoms with Gasteiger partial charge in [0.15, 0.2) is 0 Å². The lowest BCUT2D eigenvalue weighted by molar-refractivity contribution is -0.121. The van der Waals surface area contributed by atoms with Crippen molar-refractivity contribution in [2.24, 2.45) is 5.73 Å². The van der Waals surface area contributed by atoms with Crippen LogP contribution < -0.4 is 16.4 Å². The van der Waals surface area contributed by atoms with Gasteiger partial charge in [0.25, 0.3) is 0 Å². The van der Waals surface area contributed by atoms with Crippen LogP contribution in [0.15, 0.2) is 24.3 Å². The van der Waals surface area contributed by atoms with E-state index in [0.717, 1.165) is 69.2 Å². The monoisotopic (exact) mass is 1190 g/mol. The molecule has 0 radical (unpaired) electrons. The number of unbranched alkanes of at least 4 members (excludes halogenated alkanes) is 3. The molecule has 2 fully saturated rings. The highest BCUT2D eigenvalue weighted by Gasteiger charge is 2.30. The van der Waals surface area contributed by atoms with Gasteiger partial charge in [-0.15, -0.1) is 0 Å². The van der Waals surface area contributed by atoms with E-state index in [1.807, 2.05) is 104 Å². The van der Waals surface area contributed by atoms with E-state index in [4.69, 9.17) is 29.4 Å². The minimum atomic E-state index is -0.723. The molecular formula is C63H114N10O11. The molecule has 0 aliphatic carbocycles. The Bertz CT molecular complexity index is 2130. The van der Waals surface area contributed by atoms with Crippen LogP contribution in [0.5, 0.6) is 0 Å². The second-order valence-corrected chi connectivity index (χ2v) is 27.6. The Labute approximate surface area is 506 Å². The molecule has 2 aliphatic heterocycles. The van der Waals surface area contributed by atoms with Crippen LogP contribution >= 0.6 is 0 Å². The number of amides is 6. The van der Waals surface area contributed by atoms with E-state index in [9.17, 15) is 28.8 Å². The third-order valence-electron chi connectivity index (χ3n) is 13.7. The minimum Gasteiger partial charge on any atom is -0.444 e. The summed E-state index contributed by atoms with van der Waals surface area (Å²) in [7, 11) is 0. The predicted molar refractivity (Wildman–Crippen MR) is 331 cm³/mol. The summed E-state index contributed by atoms with van der Waals surface area (Å²) in [6.07, 6.45) is 5.87. The van der Waals surface area contributed by atoms with Gasteiger partial charge in [-0.25, -0.2) is 24.0 Å². The molecule has 0 aromatic heterocycles. The van der Waals surface area contributed by atoms with Crippen molar-refractivity contribution >= 4 is 36.4 Å². The molecule has 3 rings (SSSR count). The number of carbonyl (C=O) groups is 6. The van der Waals surface area contributed by atoms with Crippen LogP contribution in [0.2, 0.25) is 0 Å². The van der Waals surface area contributed by atoms with Crippen LogP contribution in [-0.4, -0.2) is 223 Å². The maximum absolute atomic E-state index is 13.8. The number of nitrogens with two attached hydrogens (primary N) is 1. The van der Waals surface area contributed by atoms with E-state index in [-0.39, 0.29) is 31.1 Å². The van der Waals surface area contributed by atoms with Gasteiger partial charge in [-0.2, -0.15) is 0 Å². The quantitative estimate of drug-likeness (QED) is 0.117. The zero-order valence-corrected chi connectivity index (χ0v) is 54.8. The van der Waals surface area contributed by atoms with Crippen LogP contribution in [-0.2, 0) is 41.4 Å². The Morgan fingerprint density at radius 3 is 1.29 bits per heavy atom. The number of hydrogen-bond donors (Lipinski definition) is 3. The van der Waals surface area contributed by atoms with Crippen molar-refractivity contribution in [2.45, 2.75) is 215 Å². The van der Waals surface area contributed by atoms with Crippen molar-refractivity contribution in [1.29, 1.82) is 0 Å². The standard InChI is InChI=1S/C63H114N10O11/c1-59(2,3)80-54(75)69-36-22-37-70(55(76)81-60(4,5)6)44-42-67(33-20-17-24-53(74)66-31-19-16-18-30-64)40-29-52(65-32-41-69)48-50-25-27-51(28-26-50)49-68-34-21-35-72(57(78)83-62(10,11)12)46-47-73(58(79)84-63(13,14)15)39-23-38-71(45-43-68)56(77)82-61(7,8)9/h25-28,52,65H,16-24,29-49,64H2,1-15H3,(H,66,74). The van der Waals surface area contributed by atoms with Crippen molar-refractivity contribution in [2.75, 3.05) is 118 Å². The van der Waals surface area contributed by atoms with Gasteiger partial charge in [0.05, 0.1) is 0 Å². The Morgan fingerprint density at radius 2 is 0.857 bits per heavy atom. The van der Waals surface area contributed by atoms with Crippen LogP contribution in [0.1, 0.15) is 179 Å². The first kappa shape index (κ1) is 73.1. The fourth-order valence-corrected chi connectivity index (χ4v) is 9.59. The number of carbonyl (C=O) groups excluding carboxylic acids is 6. The summed E-state index contributed by atoms with van der Waals surface area (Å²) in [6.45, 7) is 36.9. The van der Waals surface area contributed by atoms with Crippen molar-refractivity contribution < 1.29 is 52.5 Å². The van der Waals surface area contributed by atoms with Crippen molar-refractivity contribution in [3.8, 4) is 0 Å². The lowest BCUT2D eigenvalue weighted by Gasteiger charge is -2.34. The molecule has 1 aromatic carbocycles. The van der Waals surface area contributed by atoms with Crippen molar-refractivity contribution in [3.63, 3.8) is 0 Å². The van der Waals surface area contributed by atoms with Gasteiger partial charge in [0.2, 0.25) is 5.91 Å². The van der Waals surface area contributed by atoms with Gasteiger partial charge in [-0.1, -0.05) is 30.7 Å². The largest absolute Gasteiger partial charge is 0.444 e. The third-order valence-corrected chi connectivity index (χ3v) is 13.7. The summed E-state index contributed by atoms with van der Waals surface area (Å²) in [5.41, 5.74) is 4.37. The lowest BCUT2D eigenvalue weighted by atomic mass is 10.0. The van der Waals surface area contributed by atoms with E-state index < -0.39 is 52.4 Å². The van der Waals surface area contributed by atoms with Gasteiger partial charge < -0.3 is 69.5 Å². The molecule has 1 atom stereocenters. The normalized spacial score (nSPS) is 18.2. The molecule has 84 heavy (non-hydrogen) atoms. The van der Waals surface area contributed by atoms with Gasteiger partial charge in [-0.3, -0.25) is 9.69 Å². The summed E-state index contributed by atoms with van der Waals surface area (Å²) in [5.74, 6) is 0.0621. The van der Waals surface area contributed by atoms with Crippen LogP contribution in [0.4, 0.5) is 24.0 Å². The number of ether oxygens (including phenoxy) is 5. The smallest absolute Gasteiger partial charge is 0.410 e. The SMILES string of the molecule is CC(C)(C)OC(=O)N1CCCN(C(=O)OC(C)(C)C)CCN(CCCCC(=O)NCCCCCN)CCC(Cc2ccc(CN3CCCN(C(=O)OC(C)(C)C)CCN(C(=O)OC(C)(C)C)CCCN(C(=O)OC(C)(C)C)CC3)cc2)NCC1. The Morgan fingerprint density at radius 1 is 0.464 bits per heavy atom. The number of nitrogens with one attached hydrogen (secondary N) is 2. The molecule has 21 heteroatoms. The van der Waals surface area contributed by atoms with E-state index in [2.05, 4.69) is 44.7 Å². The van der Waals surface area contributed by atoms with E-state index in [1.165, 1.54) is 0 Å². The summed E-state index contributed by atoms with van der Waals surface area (Å²) < 4.78 is 29.3. The molecule has 4 N–H and O–H groups in total. The molecular weight excluding hydrogens is 1070 g/mol. The number of nitrogens with zero attached hydrogens (tertiary/aromatic N) is 7. The zero-order valence-electron chi connectivity index (χ0n) is 54.8. The van der Waals surface area contributed by atoms with E-state index in [0.29, 0.717) is 124 Å². The van der Waals surface area contributed by atoms with E-state index >= 15 is 0 Å². The first-order valence-electron chi connectivity index (χ1n) is 31.3. The summed E-state index contributed by atoms with van der Waals surface area (Å²) >= 11 is 0. The number of rotatable bonds is 14. The summed E-state index contributed by atoms with van der Waals surface area (Å²) in [5, 5.41) is 6.87. The molecule has 6 amide bonds.